The van der Waals surface area contributed by atoms with Crippen LogP contribution in [0.5, 0.6) is 0 Å². The first-order chi connectivity index (χ1) is 15.9. The standard InChI is InChI=1S/C25H25FN4O3/c1-33-25(32)28-20-12-13-30(15-20)21-9-4-17(5-10-21)24(31)29-23-14-18(6-11-22(23)27)16-2-7-19(26)8-3-16/h2-11,14,20H,12-13,15,27H2,1H3,(H,28,32)(H,29,31)/t20-/m1/s1. The van der Waals surface area contributed by atoms with Crippen LogP contribution in [0.25, 0.3) is 11.1 Å². The van der Waals surface area contributed by atoms with E-state index in [2.05, 4.69) is 20.3 Å². The number of rotatable bonds is 5. The Morgan fingerprint density at radius 1 is 1.03 bits per heavy atom. The highest BCUT2D eigenvalue weighted by atomic mass is 19.1. The molecular weight excluding hydrogens is 423 g/mol. The summed E-state index contributed by atoms with van der Waals surface area (Å²) < 4.78 is 17.9. The molecule has 4 N–H and O–H groups in total. The molecule has 1 heterocycles. The van der Waals surface area contributed by atoms with Crippen molar-refractivity contribution < 1.29 is 18.7 Å². The van der Waals surface area contributed by atoms with Crippen LogP contribution in [0.1, 0.15) is 16.8 Å². The molecule has 7 nitrogen and oxygen atoms in total. The summed E-state index contributed by atoms with van der Waals surface area (Å²) in [5.74, 6) is -0.591. The van der Waals surface area contributed by atoms with Crippen LogP contribution in [0.4, 0.5) is 26.2 Å². The molecule has 0 radical (unpaired) electrons. The zero-order valence-electron chi connectivity index (χ0n) is 18.2. The fraction of sp³-hybridized carbons (Fsp3) is 0.200. The molecule has 1 atom stereocenters. The first kappa shape index (κ1) is 22.1. The molecule has 1 fully saturated rings. The number of halogens is 1. The zero-order valence-corrected chi connectivity index (χ0v) is 18.2. The maximum Gasteiger partial charge on any atom is 0.407 e. The summed E-state index contributed by atoms with van der Waals surface area (Å²) in [5, 5.41) is 5.67. The Balaban J connectivity index is 1.42. The number of nitrogens with one attached hydrogen (secondary N) is 2. The highest BCUT2D eigenvalue weighted by Crippen LogP contribution is 2.28. The number of methoxy groups -OCH3 is 1. The lowest BCUT2D eigenvalue weighted by Crippen LogP contribution is -2.36. The van der Waals surface area contributed by atoms with E-state index in [0.717, 1.165) is 29.8 Å². The van der Waals surface area contributed by atoms with E-state index in [1.165, 1.54) is 19.2 Å². The first-order valence-corrected chi connectivity index (χ1v) is 10.6. The van der Waals surface area contributed by atoms with Crippen LogP contribution < -0.4 is 21.3 Å². The van der Waals surface area contributed by atoms with Crippen LogP contribution in [0, 0.1) is 5.82 Å². The fourth-order valence-corrected chi connectivity index (χ4v) is 3.84. The van der Waals surface area contributed by atoms with Crippen LogP contribution in [0.15, 0.2) is 66.7 Å². The van der Waals surface area contributed by atoms with E-state index in [9.17, 15) is 14.0 Å². The lowest BCUT2D eigenvalue weighted by molar-refractivity contribution is 0.102. The Hall–Kier alpha value is -4.07. The SMILES string of the molecule is COC(=O)N[C@@H]1CCN(c2ccc(C(=O)Nc3cc(-c4ccc(F)cc4)ccc3N)cc2)C1. The van der Waals surface area contributed by atoms with Crippen molar-refractivity contribution in [1.29, 1.82) is 0 Å². The van der Waals surface area contributed by atoms with Gasteiger partial charge < -0.3 is 26.0 Å². The number of ether oxygens (including phenoxy) is 1. The molecule has 1 aliphatic rings. The molecule has 1 saturated heterocycles. The Morgan fingerprint density at radius 2 is 1.73 bits per heavy atom. The van der Waals surface area contributed by atoms with Gasteiger partial charge in [-0.1, -0.05) is 18.2 Å². The van der Waals surface area contributed by atoms with Gasteiger partial charge in [0.1, 0.15) is 5.82 Å². The number of anilines is 3. The molecule has 8 heteroatoms. The third-order valence-corrected chi connectivity index (χ3v) is 5.67. The maximum atomic E-state index is 13.2. The van der Waals surface area contributed by atoms with Gasteiger partial charge in [0.05, 0.1) is 24.5 Å². The summed E-state index contributed by atoms with van der Waals surface area (Å²) in [6.45, 7) is 1.47. The molecule has 4 rings (SSSR count). The molecule has 0 spiro atoms. The topological polar surface area (TPSA) is 96.7 Å². The maximum absolute atomic E-state index is 13.2. The van der Waals surface area contributed by atoms with Crippen LogP contribution in [0.2, 0.25) is 0 Å². The summed E-state index contributed by atoms with van der Waals surface area (Å²) in [5.41, 5.74) is 10.1. The number of hydrogen-bond donors (Lipinski definition) is 3. The summed E-state index contributed by atoms with van der Waals surface area (Å²) in [6, 6.07) is 18.7. The van der Waals surface area contributed by atoms with Crippen molar-refractivity contribution >= 4 is 29.1 Å². The van der Waals surface area contributed by atoms with E-state index in [1.807, 2.05) is 18.2 Å². The van der Waals surface area contributed by atoms with Crippen molar-refractivity contribution in [3.05, 3.63) is 78.1 Å². The van der Waals surface area contributed by atoms with Gasteiger partial charge in [0.2, 0.25) is 0 Å². The second-order valence-corrected chi connectivity index (χ2v) is 7.88. The Labute approximate surface area is 191 Å². The highest BCUT2D eigenvalue weighted by Gasteiger charge is 2.24. The van der Waals surface area contributed by atoms with E-state index in [0.29, 0.717) is 23.5 Å². The second-order valence-electron chi connectivity index (χ2n) is 7.88. The van der Waals surface area contributed by atoms with E-state index in [1.54, 1.807) is 36.4 Å². The van der Waals surface area contributed by atoms with E-state index in [4.69, 9.17) is 5.73 Å². The largest absolute Gasteiger partial charge is 0.453 e. The molecule has 0 unspecified atom stereocenters. The number of benzene rings is 3. The van der Waals surface area contributed by atoms with Gasteiger partial charge in [0, 0.05) is 24.3 Å². The van der Waals surface area contributed by atoms with Gasteiger partial charge in [-0.15, -0.1) is 0 Å². The molecular formula is C25H25FN4O3. The van der Waals surface area contributed by atoms with Gasteiger partial charge in [-0.2, -0.15) is 0 Å². The number of nitrogen functional groups attached to an aromatic ring is 1. The van der Waals surface area contributed by atoms with Crippen molar-refractivity contribution in [2.24, 2.45) is 0 Å². The molecule has 2 amide bonds. The monoisotopic (exact) mass is 448 g/mol. The van der Waals surface area contributed by atoms with Crippen molar-refractivity contribution in [2.45, 2.75) is 12.5 Å². The first-order valence-electron chi connectivity index (χ1n) is 10.6. The number of hydrogen-bond acceptors (Lipinski definition) is 5. The van der Waals surface area contributed by atoms with Crippen molar-refractivity contribution in [2.75, 3.05) is 36.1 Å². The minimum absolute atomic E-state index is 0.0248. The van der Waals surface area contributed by atoms with Crippen LogP contribution in [-0.2, 0) is 4.74 Å². The van der Waals surface area contributed by atoms with E-state index >= 15 is 0 Å². The number of alkyl carbamates (subject to hydrolysis) is 1. The number of amides is 2. The summed E-state index contributed by atoms with van der Waals surface area (Å²) in [6.07, 6.45) is 0.387. The Morgan fingerprint density at radius 3 is 2.42 bits per heavy atom. The predicted molar refractivity (Wildman–Crippen MR) is 127 cm³/mol. The van der Waals surface area contributed by atoms with Crippen molar-refractivity contribution in [3.8, 4) is 11.1 Å². The minimum atomic E-state index is -0.434. The Bertz CT molecular complexity index is 1150. The molecule has 0 aromatic heterocycles. The predicted octanol–water partition coefficient (Wildman–Crippen LogP) is 4.26. The third-order valence-electron chi connectivity index (χ3n) is 5.67. The number of carbonyl (C=O) groups excluding carboxylic acids is 2. The van der Waals surface area contributed by atoms with Gasteiger partial charge in [0.25, 0.3) is 5.91 Å². The fourth-order valence-electron chi connectivity index (χ4n) is 3.84. The molecule has 33 heavy (non-hydrogen) atoms. The summed E-state index contributed by atoms with van der Waals surface area (Å²) >= 11 is 0. The quantitative estimate of drug-likeness (QED) is 0.507. The highest BCUT2D eigenvalue weighted by molar-refractivity contribution is 6.06. The summed E-state index contributed by atoms with van der Waals surface area (Å²) in [4.78, 5) is 26.4. The molecule has 170 valence electrons. The van der Waals surface area contributed by atoms with E-state index in [-0.39, 0.29) is 17.8 Å². The van der Waals surface area contributed by atoms with Gasteiger partial charge >= 0.3 is 6.09 Å². The molecule has 1 aliphatic heterocycles. The molecule has 0 aliphatic carbocycles. The molecule has 0 bridgehead atoms. The van der Waals surface area contributed by atoms with E-state index < -0.39 is 6.09 Å². The second kappa shape index (κ2) is 9.60. The Kier molecular flexibility index (Phi) is 6.44. The number of nitrogens with zero attached hydrogens (tertiary/aromatic N) is 1. The molecule has 3 aromatic rings. The molecule has 3 aromatic carbocycles. The zero-order chi connectivity index (χ0) is 23.4. The van der Waals surface area contributed by atoms with Crippen molar-refractivity contribution in [3.63, 3.8) is 0 Å². The van der Waals surface area contributed by atoms with Crippen LogP contribution >= 0.6 is 0 Å². The normalized spacial score (nSPS) is 15.2. The van der Waals surface area contributed by atoms with Gasteiger partial charge in [-0.25, -0.2) is 9.18 Å². The minimum Gasteiger partial charge on any atom is -0.453 e. The van der Waals surface area contributed by atoms with Crippen LogP contribution in [-0.4, -0.2) is 38.2 Å². The van der Waals surface area contributed by atoms with Crippen molar-refractivity contribution in [1.82, 2.24) is 5.32 Å². The van der Waals surface area contributed by atoms with Gasteiger partial charge in [0.15, 0.2) is 0 Å². The lowest BCUT2D eigenvalue weighted by Gasteiger charge is -2.19. The average Bonchev–Trinajstić information content (AvgIpc) is 3.29. The van der Waals surface area contributed by atoms with Gasteiger partial charge in [-0.3, -0.25) is 4.79 Å². The number of carbonyl (C=O) groups is 2. The third kappa shape index (κ3) is 5.23. The molecule has 0 saturated carbocycles. The average molecular weight is 448 g/mol. The summed E-state index contributed by atoms with van der Waals surface area (Å²) in [7, 11) is 1.35. The number of nitrogens with two attached hydrogens (primary N) is 1. The lowest BCUT2D eigenvalue weighted by atomic mass is 10.0. The van der Waals surface area contributed by atoms with Gasteiger partial charge in [-0.05, 0) is 66.1 Å². The van der Waals surface area contributed by atoms with Crippen LogP contribution in [0.3, 0.4) is 0 Å². The smallest absolute Gasteiger partial charge is 0.407 e.